The summed E-state index contributed by atoms with van der Waals surface area (Å²) in [5, 5.41) is 2.97. The van der Waals surface area contributed by atoms with Gasteiger partial charge in [-0.25, -0.2) is 0 Å². The average molecular weight is 430 g/mol. The largest absolute Gasteiger partial charge is 0.486 e. The number of carbonyl (C=O) groups excluding carboxylic acids is 1. The average Bonchev–Trinajstić information content (AvgIpc) is 3.59. The molecule has 1 amide bonds. The molecule has 0 saturated carbocycles. The molecule has 0 fully saturated rings. The molecule has 0 aliphatic carbocycles. The molecule has 7 heteroatoms. The van der Waals surface area contributed by atoms with Crippen molar-refractivity contribution in [2.75, 3.05) is 6.79 Å². The summed E-state index contributed by atoms with van der Waals surface area (Å²) in [4.78, 5) is 12.6. The number of carbonyl (C=O) groups is 1. The van der Waals surface area contributed by atoms with Gasteiger partial charge < -0.3 is 28.5 Å². The fourth-order valence-electron chi connectivity index (χ4n) is 3.49. The van der Waals surface area contributed by atoms with Crippen molar-refractivity contribution < 1.29 is 23.4 Å². The Morgan fingerprint density at radius 1 is 1.03 bits per heavy atom. The molecule has 1 unspecified atom stereocenters. The number of rotatable bonds is 7. The van der Waals surface area contributed by atoms with Gasteiger partial charge in [0.15, 0.2) is 17.3 Å². The molecule has 5 rings (SSSR count). The fourth-order valence-corrected chi connectivity index (χ4v) is 3.49. The smallest absolute Gasteiger partial charge is 0.287 e. The summed E-state index contributed by atoms with van der Waals surface area (Å²) in [6.07, 6.45) is 3.98. The standard InChI is InChI=1S/C25H22N2O5/c1-17(18-4-6-19(7-5-18)27-12-2-3-13-27)26-25(28)23-11-9-21(32-23)15-29-20-8-10-22-24(14-20)31-16-30-22/h2-14,17H,15-16H2,1H3,(H,26,28). The minimum atomic E-state index is -0.277. The summed E-state index contributed by atoms with van der Waals surface area (Å²) in [7, 11) is 0. The van der Waals surface area contributed by atoms with E-state index in [1.165, 1.54) is 0 Å². The Morgan fingerprint density at radius 3 is 2.62 bits per heavy atom. The van der Waals surface area contributed by atoms with Crippen LogP contribution in [0.5, 0.6) is 17.2 Å². The van der Waals surface area contributed by atoms with Crippen LogP contribution in [-0.4, -0.2) is 17.3 Å². The minimum absolute atomic E-state index is 0.167. The van der Waals surface area contributed by atoms with Crippen LogP contribution in [-0.2, 0) is 6.61 Å². The summed E-state index contributed by atoms with van der Waals surface area (Å²) < 4.78 is 24.1. The molecule has 3 heterocycles. The number of benzene rings is 2. The van der Waals surface area contributed by atoms with Crippen LogP contribution in [0, 0.1) is 0 Å². The third-order valence-corrected chi connectivity index (χ3v) is 5.25. The lowest BCUT2D eigenvalue weighted by molar-refractivity contribution is 0.0907. The maximum Gasteiger partial charge on any atom is 0.287 e. The highest BCUT2D eigenvalue weighted by Crippen LogP contribution is 2.35. The van der Waals surface area contributed by atoms with Crippen LogP contribution in [0.3, 0.4) is 0 Å². The Balaban J connectivity index is 1.17. The molecule has 7 nitrogen and oxygen atoms in total. The summed E-state index contributed by atoms with van der Waals surface area (Å²) in [6.45, 7) is 2.35. The molecule has 1 aliphatic rings. The van der Waals surface area contributed by atoms with Crippen molar-refractivity contribution in [3.63, 3.8) is 0 Å². The Hall–Kier alpha value is -4.13. The number of ether oxygens (including phenoxy) is 3. The second-order valence-electron chi connectivity index (χ2n) is 7.45. The minimum Gasteiger partial charge on any atom is -0.486 e. The van der Waals surface area contributed by atoms with Gasteiger partial charge in [-0.2, -0.15) is 0 Å². The maximum absolute atomic E-state index is 12.6. The molecule has 1 atom stereocenters. The van der Waals surface area contributed by atoms with E-state index in [-0.39, 0.29) is 31.1 Å². The Morgan fingerprint density at radius 2 is 1.81 bits per heavy atom. The summed E-state index contributed by atoms with van der Waals surface area (Å²) in [6, 6.07) is 20.6. The van der Waals surface area contributed by atoms with Gasteiger partial charge in [0.1, 0.15) is 18.1 Å². The van der Waals surface area contributed by atoms with Crippen molar-refractivity contribution in [3.05, 3.63) is 96.2 Å². The van der Waals surface area contributed by atoms with Crippen molar-refractivity contribution in [1.82, 2.24) is 9.88 Å². The van der Waals surface area contributed by atoms with E-state index in [4.69, 9.17) is 18.6 Å². The highest BCUT2D eigenvalue weighted by Gasteiger charge is 2.17. The van der Waals surface area contributed by atoms with E-state index in [1.54, 1.807) is 30.3 Å². The number of furan rings is 1. The van der Waals surface area contributed by atoms with Gasteiger partial charge in [0.2, 0.25) is 6.79 Å². The zero-order chi connectivity index (χ0) is 21.9. The van der Waals surface area contributed by atoms with E-state index in [9.17, 15) is 4.79 Å². The first-order valence-corrected chi connectivity index (χ1v) is 10.3. The Bertz CT molecular complexity index is 1210. The van der Waals surface area contributed by atoms with Crippen molar-refractivity contribution in [2.24, 2.45) is 0 Å². The molecule has 4 aromatic rings. The fraction of sp³-hybridized carbons (Fsp3) is 0.160. The predicted molar refractivity (Wildman–Crippen MR) is 117 cm³/mol. The number of nitrogens with zero attached hydrogens (tertiary/aromatic N) is 1. The summed E-state index contributed by atoms with van der Waals surface area (Å²) in [5.74, 6) is 2.50. The molecule has 2 aromatic carbocycles. The highest BCUT2D eigenvalue weighted by molar-refractivity contribution is 5.91. The third kappa shape index (κ3) is 4.18. The van der Waals surface area contributed by atoms with Gasteiger partial charge in [-0.1, -0.05) is 12.1 Å². The van der Waals surface area contributed by atoms with E-state index in [1.807, 2.05) is 60.3 Å². The first-order chi connectivity index (χ1) is 15.7. The predicted octanol–water partition coefficient (Wildman–Crippen LogP) is 4.87. The van der Waals surface area contributed by atoms with Gasteiger partial charge in [-0.15, -0.1) is 0 Å². The van der Waals surface area contributed by atoms with Gasteiger partial charge in [-0.3, -0.25) is 4.79 Å². The van der Waals surface area contributed by atoms with E-state index < -0.39 is 0 Å². The van der Waals surface area contributed by atoms with Gasteiger partial charge >= 0.3 is 0 Å². The van der Waals surface area contributed by atoms with Gasteiger partial charge in [0.05, 0.1) is 6.04 Å². The molecule has 2 aromatic heterocycles. The van der Waals surface area contributed by atoms with E-state index >= 15 is 0 Å². The van der Waals surface area contributed by atoms with Crippen LogP contribution in [0.25, 0.3) is 5.69 Å². The third-order valence-electron chi connectivity index (χ3n) is 5.25. The maximum atomic E-state index is 12.6. The number of aromatic nitrogens is 1. The lowest BCUT2D eigenvalue weighted by Crippen LogP contribution is -2.26. The molecule has 0 radical (unpaired) electrons. The zero-order valence-electron chi connectivity index (χ0n) is 17.5. The van der Waals surface area contributed by atoms with Crippen LogP contribution >= 0.6 is 0 Å². The van der Waals surface area contributed by atoms with E-state index in [0.717, 1.165) is 11.3 Å². The lowest BCUT2D eigenvalue weighted by Gasteiger charge is -2.14. The van der Waals surface area contributed by atoms with E-state index in [0.29, 0.717) is 23.0 Å². The van der Waals surface area contributed by atoms with Crippen LogP contribution < -0.4 is 19.5 Å². The first-order valence-electron chi connectivity index (χ1n) is 10.3. The number of hydrogen-bond donors (Lipinski definition) is 1. The molecule has 0 spiro atoms. The molecule has 0 bridgehead atoms. The topological polar surface area (TPSA) is 74.9 Å². The SMILES string of the molecule is CC(NC(=O)c1ccc(COc2ccc3c(c2)OCO3)o1)c1ccc(-n2cccc2)cc1. The van der Waals surface area contributed by atoms with Gasteiger partial charge in [-0.05, 0) is 61.0 Å². The molecule has 1 aliphatic heterocycles. The molecule has 0 saturated heterocycles. The number of nitrogens with one attached hydrogen (secondary N) is 1. The summed E-state index contributed by atoms with van der Waals surface area (Å²) in [5.41, 5.74) is 2.07. The molecular weight excluding hydrogens is 408 g/mol. The van der Waals surface area contributed by atoms with Crippen LogP contribution in [0.1, 0.15) is 34.8 Å². The highest BCUT2D eigenvalue weighted by atomic mass is 16.7. The lowest BCUT2D eigenvalue weighted by atomic mass is 10.1. The van der Waals surface area contributed by atoms with Gasteiger partial charge in [0, 0.05) is 24.1 Å². The molecular formula is C25H22N2O5. The quantitative estimate of drug-likeness (QED) is 0.453. The van der Waals surface area contributed by atoms with Crippen molar-refractivity contribution >= 4 is 5.91 Å². The number of amides is 1. The Labute approximate surface area is 185 Å². The van der Waals surface area contributed by atoms with Crippen LogP contribution in [0.4, 0.5) is 0 Å². The first kappa shape index (κ1) is 19.8. The molecule has 1 N–H and O–H groups in total. The molecule has 162 valence electrons. The number of hydrogen-bond acceptors (Lipinski definition) is 5. The van der Waals surface area contributed by atoms with Crippen molar-refractivity contribution in [2.45, 2.75) is 19.6 Å². The second-order valence-corrected chi connectivity index (χ2v) is 7.45. The molecule has 32 heavy (non-hydrogen) atoms. The van der Waals surface area contributed by atoms with E-state index in [2.05, 4.69) is 5.32 Å². The van der Waals surface area contributed by atoms with Crippen LogP contribution in [0.2, 0.25) is 0 Å². The second kappa shape index (κ2) is 8.55. The van der Waals surface area contributed by atoms with Crippen LogP contribution in [0.15, 0.2) is 83.5 Å². The van der Waals surface area contributed by atoms with Crippen molar-refractivity contribution in [3.8, 4) is 22.9 Å². The van der Waals surface area contributed by atoms with Gasteiger partial charge in [0.25, 0.3) is 5.91 Å². The summed E-state index contributed by atoms with van der Waals surface area (Å²) >= 11 is 0. The monoisotopic (exact) mass is 430 g/mol. The Kier molecular flexibility index (Phi) is 5.29. The zero-order valence-corrected chi connectivity index (χ0v) is 17.5. The normalized spacial score (nSPS) is 13.0. The van der Waals surface area contributed by atoms with Crippen molar-refractivity contribution in [1.29, 1.82) is 0 Å². The number of fused-ring (bicyclic) bond motifs is 1.